The fourth-order valence-corrected chi connectivity index (χ4v) is 23.7. The third-order valence-corrected chi connectivity index (χ3v) is 18.5. The van der Waals surface area contributed by atoms with Gasteiger partial charge in [-0.15, -0.1) is 30.6 Å². The molecule has 0 aliphatic carbocycles. The van der Waals surface area contributed by atoms with E-state index in [-0.39, 0.29) is 7.42 Å². The molecule has 0 amide bonds. The second kappa shape index (κ2) is 4.58. The molecule has 0 nitrogen and oxygen atoms in total. The summed E-state index contributed by atoms with van der Waals surface area (Å²) in [5, 5.41) is 0. The fourth-order valence-electron chi connectivity index (χ4n) is 1.78. The molecule has 0 saturated carbocycles. The van der Waals surface area contributed by atoms with Crippen LogP contribution in [0.1, 0.15) is 19.8 Å². The van der Waals surface area contributed by atoms with Gasteiger partial charge in [0, 0.05) is 0 Å². The van der Waals surface area contributed by atoms with Crippen molar-refractivity contribution in [3.63, 3.8) is 0 Å². The first-order chi connectivity index (χ1) is 5.16. The smallest absolute Gasteiger partial charge is 0.129 e. The van der Waals surface area contributed by atoms with Crippen LogP contribution in [-0.4, -0.2) is 14.1 Å². The summed E-state index contributed by atoms with van der Waals surface area (Å²) in [4.78, 5) is 0. The van der Waals surface area contributed by atoms with Crippen molar-refractivity contribution in [3.8, 4) is 0 Å². The highest BCUT2D eigenvalue weighted by Crippen LogP contribution is 2.38. The van der Waals surface area contributed by atoms with Crippen LogP contribution >= 0.6 is 30.6 Å². The maximum atomic E-state index is 4.03. The first kappa shape index (κ1) is 10.5. The van der Waals surface area contributed by atoms with E-state index in [4.69, 9.17) is 0 Å². The van der Waals surface area contributed by atoms with E-state index in [1.54, 1.807) is 5.67 Å². The predicted molar refractivity (Wildman–Crippen MR) is 63.5 cm³/mol. The van der Waals surface area contributed by atoms with E-state index in [9.17, 15) is 0 Å². The zero-order valence-corrected chi connectivity index (χ0v) is 12.2. The summed E-state index contributed by atoms with van der Waals surface area (Å²) in [5.41, 5.74) is 1.55. The van der Waals surface area contributed by atoms with Crippen molar-refractivity contribution < 1.29 is 0 Å². The van der Waals surface area contributed by atoms with Crippen LogP contribution in [0.15, 0.2) is 0 Å². The quantitative estimate of drug-likeness (QED) is 0.532. The molecular formula is C7H15Br2Si2. The lowest BCUT2D eigenvalue weighted by Gasteiger charge is -2.30. The van der Waals surface area contributed by atoms with Gasteiger partial charge >= 0.3 is 0 Å². The minimum absolute atomic E-state index is 0.0938. The zero-order valence-electron chi connectivity index (χ0n) is 7.00. The molecule has 1 saturated heterocycles. The van der Waals surface area contributed by atoms with Crippen LogP contribution < -0.4 is 0 Å². The van der Waals surface area contributed by atoms with E-state index >= 15 is 0 Å². The summed E-state index contributed by atoms with van der Waals surface area (Å²) in [5.74, 6) is 0. The van der Waals surface area contributed by atoms with Gasteiger partial charge in [-0.1, -0.05) is 19.8 Å². The van der Waals surface area contributed by atoms with E-state index in [0.29, 0.717) is 0 Å². The predicted octanol–water partition coefficient (Wildman–Crippen LogP) is 4.07. The third kappa shape index (κ3) is 3.32. The van der Waals surface area contributed by atoms with Crippen molar-refractivity contribution in [1.29, 1.82) is 0 Å². The molecule has 4 heteroatoms. The second-order valence-electron chi connectivity index (χ2n) is 3.45. The number of hydrogen-bond donors (Lipinski definition) is 0. The molecule has 1 atom stereocenters. The molecular weight excluding hydrogens is 300 g/mol. The molecule has 1 unspecified atom stereocenters. The normalized spacial score (nSPS) is 34.1. The van der Waals surface area contributed by atoms with Gasteiger partial charge in [-0.2, -0.15) is 0 Å². The van der Waals surface area contributed by atoms with Crippen LogP contribution in [0, 0.1) is 0 Å². The van der Waals surface area contributed by atoms with Gasteiger partial charge in [0.2, 0.25) is 0 Å². The van der Waals surface area contributed by atoms with Gasteiger partial charge in [-0.25, -0.2) is 0 Å². The van der Waals surface area contributed by atoms with Crippen molar-refractivity contribution in [1.82, 2.24) is 0 Å². The van der Waals surface area contributed by atoms with Crippen molar-refractivity contribution in [3.05, 3.63) is 0 Å². The van der Waals surface area contributed by atoms with Crippen LogP contribution in [0.25, 0.3) is 0 Å². The van der Waals surface area contributed by atoms with E-state index in [2.05, 4.69) is 37.5 Å². The highest BCUT2D eigenvalue weighted by Gasteiger charge is 2.35. The average Bonchev–Trinajstić information content (AvgIpc) is 1.86. The van der Waals surface area contributed by atoms with Gasteiger partial charge in [0.15, 0.2) is 0 Å². The van der Waals surface area contributed by atoms with Gasteiger partial charge in [0.05, 0.1) is 0 Å². The Kier molecular flexibility index (Phi) is 4.36. The summed E-state index contributed by atoms with van der Waals surface area (Å²) >= 11 is 7.87. The number of hydrogen-bond acceptors (Lipinski definition) is 0. The van der Waals surface area contributed by atoms with Crippen molar-refractivity contribution in [2.75, 3.05) is 0 Å². The molecule has 0 aromatic carbocycles. The second-order valence-corrected chi connectivity index (χ2v) is 18.1. The Morgan fingerprint density at radius 1 is 1.55 bits per heavy atom. The van der Waals surface area contributed by atoms with Crippen LogP contribution in [0.4, 0.5) is 0 Å². The number of rotatable bonds is 2. The molecule has 1 aliphatic rings. The maximum absolute atomic E-state index is 4.03. The Balaban J connectivity index is 2.41. The first-order valence-corrected chi connectivity index (χ1v) is 13.4. The minimum atomic E-state index is -0.889. The molecule has 1 heterocycles. The van der Waals surface area contributed by atoms with Crippen molar-refractivity contribution in [2.24, 2.45) is 0 Å². The van der Waals surface area contributed by atoms with E-state index in [0.717, 1.165) is 0 Å². The minimum Gasteiger partial charge on any atom is -0.129 e. The van der Waals surface area contributed by atoms with Gasteiger partial charge in [0.1, 0.15) is 14.1 Å². The molecule has 0 bridgehead atoms. The molecule has 1 fully saturated rings. The van der Waals surface area contributed by atoms with E-state index in [1.165, 1.54) is 31.0 Å². The summed E-state index contributed by atoms with van der Waals surface area (Å²) in [6.45, 7) is 1.42. The lowest BCUT2D eigenvalue weighted by atomic mass is 10.6. The summed E-state index contributed by atoms with van der Waals surface area (Å²) in [6, 6.07) is 4.52. The Labute approximate surface area is 87.9 Å². The summed E-state index contributed by atoms with van der Waals surface area (Å²) in [6.07, 6.45) is 2.86. The topological polar surface area (TPSA) is 0 Å². The molecule has 0 aromatic rings. The molecule has 0 N–H and O–H groups in total. The lowest BCUT2D eigenvalue weighted by molar-refractivity contribution is 0.973. The van der Waals surface area contributed by atoms with E-state index < -0.39 is 6.69 Å². The first-order valence-electron chi connectivity index (χ1n) is 4.35. The lowest BCUT2D eigenvalue weighted by Crippen LogP contribution is -2.34. The van der Waals surface area contributed by atoms with Crippen LogP contribution in [0.2, 0.25) is 23.8 Å². The fraction of sp³-hybridized carbons (Fsp3) is 1.00. The Morgan fingerprint density at radius 2 is 2.27 bits per heavy atom. The largest absolute Gasteiger partial charge is 0.133 e. The molecule has 1 aliphatic heterocycles. The van der Waals surface area contributed by atoms with Crippen molar-refractivity contribution in [2.45, 2.75) is 43.6 Å². The zero-order chi connectivity index (χ0) is 8.32. The monoisotopic (exact) mass is 313 g/mol. The Morgan fingerprint density at radius 3 is 2.82 bits per heavy atom. The van der Waals surface area contributed by atoms with E-state index in [1.807, 2.05) is 0 Å². The maximum Gasteiger partial charge on any atom is 0.133 e. The SMILES string of the molecule is CCC[Si]1(Br)CCC[Si](Br)C1. The van der Waals surface area contributed by atoms with Crippen molar-refractivity contribution >= 4 is 44.7 Å². The standard InChI is InChI=1S/C7H15Br2Si2/c1-2-5-11(9)6-3-4-10(8)7-11/h2-7H2,1H3. The Hall–Kier alpha value is 1.39. The van der Waals surface area contributed by atoms with Crippen LogP contribution in [0.5, 0.6) is 0 Å². The van der Waals surface area contributed by atoms with Crippen LogP contribution in [0.3, 0.4) is 0 Å². The average molecular weight is 315 g/mol. The molecule has 1 rings (SSSR count). The van der Waals surface area contributed by atoms with Crippen LogP contribution in [-0.2, 0) is 0 Å². The molecule has 0 aromatic heterocycles. The highest BCUT2D eigenvalue weighted by molar-refractivity contribution is 9.27. The molecule has 65 valence electrons. The van der Waals surface area contributed by atoms with Gasteiger partial charge < -0.3 is 0 Å². The summed E-state index contributed by atoms with van der Waals surface area (Å²) in [7, 11) is -0.0938. The summed E-state index contributed by atoms with van der Waals surface area (Å²) < 4.78 is 0. The van der Waals surface area contributed by atoms with Gasteiger partial charge in [-0.05, 0) is 23.8 Å². The third-order valence-electron chi connectivity index (χ3n) is 2.28. The molecule has 1 radical (unpaired) electrons. The van der Waals surface area contributed by atoms with Gasteiger partial charge in [0.25, 0.3) is 0 Å². The van der Waals surface area contributed by atoms with Gasteiger partial charge in [-0.3, -0.25) is 0 Å². The highest BCUT2D eigenvalue weighted by atomic mass is 79.9. The number of halogens is 2. The molecule has 0 spiro atoms. The Bertz CT molecular complexity index is 128. The molecule has 11 heavy (non-hydrogen) atoms.